The minimum absolute atomic E-state index is 0.232. The van der Waals surface area contributed by atoms with E-state index in [0.29, 0.717) is 12.1 Å². The molecule has 0 aliphatic rings. The zero-order chi connectivity index (χ0) is 14.8. The first kappa shape index (κ1) is 14.4. The van der Waals surface area contributed by atoms with Crippen molar-refractivity contribution in [1.82, 2.24) is 0 Å². The fourth-order valence-electron chi connectivity index (χ4n) is 1.94. The van der Waals surface area contributed by atoms with Crippen molar-refractivity contribution < 1.29 is 17.9 Å². The van der Waals surface area contributed by atoms with Gasteiger partial charge in [-0.1, -0.05) is 24.3 Å². The number of benzene rings is 2. The molecule has 0 heterocycles. The number of halogens is 3. The second kappa shape index (κ2) is 5.54. The molecule has 5 heteroatoms. The van der Waals surface area contributed by atoms with Crippen LogP contribution >= 0.6 is 0 Å². The smallest absolute Gasteiger partial charge is 0.406 e. The zero-order valence-electron chi connectivity index (χ0n) is 10.9. The predicted molar refractivity (Wildman–Crippen MR) is 71.2 cm³/mol. The number of hydrogen-bond donors (Lipinski definition) is 1. The fourth-order valence-corrected chi connectivity index (χ4v) is 1.94. The van der Waals surface area contributed by atoms with E-state index in [1.165, 1.54) is 18.2 Å². The summed E-state index contributed by atoms with van der Waals surface area (Å²) in [5.41, 5.74) is 9.12. The van der Waals surface area contributed by atoms with Crippen molar-refractivity contribution >= 4 is 0 Å². The quantitative estimate of drug-likeness (QED) is 0.922. The van der Waals surface area contributed by atoms with Crippen LogP contribution in [0, 0.1) is 6.92 Å². The van der Waals surface area contributed by atoms with Crippen LogP contribution in [0.1, 0.15) is 11.1 Å². The van der Waals surface area contributed by atoms with Crippen LogP contribution in [0.4, 0.5) is 13.2 Å². The molecule has 20 heavy (non-hydrogen) atoms. The Bertz CT molecular complexity index is 608. The lowest BCUT2D eigenvalue weighted by Crippen LogP contribution is -2.17. The van der Waals surface area contributed by atoms with Crippen LogP contribution in [0.3, 0.4) is 0 Å². The average molecular weight is 281 g/mol. The Hall–Kier alpha value is -2.01. The highest BCUT2D eigenvalue weighted by molar-refractivity contribution is 5.66. The van der Waals surface area contributed by atoms with Crippen molar-refractivity contribution in [2.75, 3.05) is 0 Å². The van der Waals surface area contributed by atoms with E-state index in [1.54, 1.807) is 6.07 Å². The van der Waals surface area contributed by atoms with Crippen molar-refractivity contribution in [1.29, 1.82) is 0 Å². The highest BCUT2D eigenvalue weighted by Crippen LogP contribution is 2.28. The molecule has 2 aromatic rings. The highest BCUT2D eigenvalue weighted by atomic mass is 19.4. The summed E-state index contributed by atoms with van der Waals surface area (Å²) >= 11 is 0. The summed E-state index contributed by atoms with van der Waals surface area (Å²) in [5.74, 6) is -0.232. The lowest BCUT2D eigenvalue weighted by atomic mass is 10.00. The maximum absolute atomic E-state index is 12.2. The topological polar surface area (TPSA) is 35.2 Å². The minimum Gasteiger partial charge on any atom is -0.406 e. The average Bonchev–Trinajstić information content (AvgIpc) is 2.37. The normalized spacial score (nSPS) is 11.4. The molecule has 0 saturated heterocycles. The van der Waals surface area contributed by atoms with Gasteiger partial charge in [-0.05, 0) is 47.4 Å². The molecule has 0 atom stereocenters. The first-order valence-corrected chi connectivity index (χ1v) is 6.05. The molecule has 2 nitrogen and oxygen atoms in total. The van der Waals surface area contributed by atoms with Gasteiger partial charge in [0.05, 0.1) is 0 Å². The third-order valence-corrected chi connectivity index (χ3v) is 2.97. The van der Waals surface area contributed by atoms with Crippen LogP contribution in [0.5, 0.6) is 5.75 Å². The molecule has 2 N–H and O–H groups in total. The number of hydrogen-bond acceptors (Lipinski definition) is 2. The van der Waals surface area contributed by atoms with Crippen molar-refractivity contribution in [2.24, 2.45) is 5.73 Å². The second-order valence-corrected chi connectivity index (χ2v) is 4.42. The van der Waals surface area contributed by atoms with Gasteiger partial charge in [0.25, 0.3) is 0 Å². The molecular formula is C15H14F3NO. The maximum atomic E-state index is 12.2. The number of nitrogens with two attached hydrogens (primary N) is 1. The van der Waals surface area contributed by atoms with Crippen molar-refractivity contribution in [2.45, 2.75) is 19.8 Å². The SMILES string of the molecule is Cc1ccc(-c2cccc(OC(F)(F)F)c2)cc1CN. The molecule has 0 amide bonds. The van der Waals surface area contributed by atoms with E-state index in [-0.39, 0.29) is 5.75 Å². The molecule has 106 valence electrons. The monoisotopic (exact) mass is 281 g/mol. The van der Waals surface area contributed by atoms with E-state index >= 15 is 0 Å². The molecule has 2 rings (SSSR count). The predicted octanol–water partition coefficient (Wildman–Crippen LogP) is 4.02. The first-order chi connectivity index (χ1) is 9.39. The molecule has 0 aromatic heterocycles. The number of rotatable bonds is 3. The highest BCUT2D eigenvalue weighted by Gasteiger charge is 2.31. The molecule has 0 unspecified atom stereocenters. The molecule has 0 aliphatic heterocycles. The molecule has 0 spiro atoms. The van der Waals surface area contributed by atoms with E-state index in [9.17, 15) is 13.2 Å². The van der Waals surface area contributed by atoms with Gasteiger partial charge in [0, 0.05) is 6.54 Å². The van der Waals surface area contributed by atoms with Crippen LogP contribution in [0.2, 0.25) is 0 Å². The lowest BCUT2D eigenvalue weighted by Gasteiger charge is -2.11. The van der Waals surface area contributed by atoms with Crippen molar-refractivity contribution in [3.8, 4) is 16.9 Å². The van der Waals surface area contributed by atoms with E-state index in [2.05, 4.69) is 4.74 Å². The second-order valence-electron chi connectivity index (χ2n) is 4.42. The van der Waals surface area contributed by atoms with Gasteiger partial charge in [0.2, 0.25) is 0 Å². The lowest BCUT2D eigenvalue weighted by molar-refractivity contribution is -0.274. The number of alkyl halides is 3. The first-order valence-electron chi connectivity index (χ1n) is 6.05. The molecule has 0 aliphatic carbocycles. The maximum Gasteiger partial charge on any atom is 0.573 e. The van der Waals surface area contributed by atoms with Gasteiger partial charge in [-0.15, -0.1) is 13.2 Å². The van der Waals surface area contributed by atoms with Crippen molar-refractivity contribution in [3.63, 3.8) is 0 Å². The van der Waals surface area contributed by atoms with E-state index in [4.69, 9.17) is 5.73 Å². The Balaban J connectivity index is 2.36. The van der Waals surface area contributed by atoms with Crippen LogP contribution in [-0.4, -0.2) is 6.36 Å². The third-order valence-electron chi connectivity index (χ3n) is 2.97. The summed E-state index contributed by atoms with van der Waals surface area (Å²) in [6, 6.07) is 11.5. The fraction of sp³-hybridized carbons (Fsp3) is 0.200. The van der Waals surface area contributed by atoms with Gasteiger partial charge in [0.1, 0.15) is 5.75 Å². The number of aryl methyl sites for hydroxylation is 1. The minimum atomic E-state index is -4.69. The Labute approximate surface area is 115 Å². The molecule has 0 radical (unpaired) electrons. The molecule has 0 fully saturated rings. The van der Waals surface area contributed by atoms with Gasteiger partial charge in [-0.25, -0.2) is 0 Å². The van der Waals surface area contributed by atoms with Crippen LogP contribution < -0.4 is 10.5 Å². The largest absolute Gasteiger partial charge is 0.573 e. The van der Waals surface area contributed by atoms with E-state index < -0.39 is 6.36 Å². The standard InChI is InChI=1S/C15H14F3NO/c1-10-5-6-12(7-13(10)9-19)11-3-2-4-14(8-11)20-15(16,17)18/h2-8H,9,19H2,1H3. The van der Waals surface area contributed by atoms with Gasteiger partial charge in [-0.2, -0.15) is 0 Å². The Morgan fingerprint density at radius 2 is 1.75 bits per heavy atom. The molecular weight excluding hydrogens is 267 g/mol. The van der Waals surface area contributed by atoms with Crippen LogP contribution in [-0.2, 0) is 6.54 Å². The van der Waals surface area contributed by atoms with Gasteiger partial charge >= 0.3 is 6.36 Å². The summed E-state index contributed by atoms with van der Waals surface area (Å²) < 4.78 is 40.5. The summed E-state index contributed by atoms with van der Waals surface area (Å²) in [6.45, 7) is 2.33. The molecule has 2 aromatic carbocycles. The Morgan fingerprint density at radius 3 is 2.40 bits per heavy atom. The van der Waals surface area contributed by atoms with Gasteiger partial charge in [0.15, 0.2) is 0 Å². The Morgan fingerprint density at radius 1 is 1.05 bits per heavy atom. The van der Waals surface area contributed by atoms with E-state index in [0.717, 1.165) is 16.7 Å². The van der Waals surface area contributed by atoms with Gasteiger partial charge < -0.3 is 10.5 Å². The number of ether oxygens (including phenoxy) is 1. The Kier molecular flexibility index (Phi) is 3.99. The summed E-state index contributed by atoms with van der Waals surface area (Å²) in [5, 5.41) is 0. The zero-order valence-corrected chi connectivity index (χ0v) is 10.9. The van der Waals surface area contributed by atoms with Gasteiger partial charge in [-0.3, -0.25) is 0 Å². The third kappa shape index (κ3) is 3.51. The summed E-state index contributed by atoms with van der Waals surface area (Å²) in [6.07, 6.45) is -4.69. The molecule has 0 saturated carbocycles. The molecule has 0 bridgehead atoms. The van der Waals surface area contributed by atoms with E-state index in [1.807, 2.05) is 25.1 Å². The summed E-state index contributed by atoms with van der Waals surface area (Å²) in [7, 11) is 0. The summed E-state index contributed by atoms with van der Waals surface area (Å²) in [4.78, 5) is 0. The van der Waals surface area contributed by atoms with Crippen LogP contribution in [0.25, 0.3) is 11.1 Å². The van der Waals surface area contributed by atoms with Crippen molar-refractivity contribution in [3.05, 3.63) is 53.6 Å². The van der Waals surface area contributed by atoms with Crippen LogP contribution in [0.15, 0.2) is 42.5 Å².